The van der Waals surface area contributed by atoms with E-state index in [4.69, 9.17) is 37.9 Å². The Morgan fingerprint density at radius 2 is 1.52 bits per heavy atom. The van der Waals surface area contributed by atoms with Gasteiger partial charge in [-0.25, -0.2) is 19.2 Å². The number of aliphatic hydroxyl groups excluding tert-OH is 5. The van der Waals surface area contributed by atoms with Crippen molar-refractivity contribution in [1.29, 1.82) is 0 Å². The molecule has 7 rings (SSSR count). The maximum absolute atomic E-state index is 15.7. The highest BCUT2D eigenvalue weighted by molar-refractivity contribution is 6.40. The molecule has 2 aromatic rings. The van der Waals surface area contributed by atoms with Gasteiger partial charge in [0.25, 0.3) is 0 Å². The van der Waals surface area contributed by atoms with Gasteiger partial charge < -0.3 is 73.9 Å². The van der Waals surface area contributed by atoms with Crippen molar-refractivity contribution in [2.75, 3.05) is 19.8 Å². The van der Waals surface area contributed by atoms with Crippen LogP contribution in [0.3, 0.4) is 0 Å². The highest BCUT2D eigenvalue weighted by Crippen LogP contribution is 2.65. The zero-order valence-electron chi connectivity index (χ0n) is 41.7. The molecule has 0 radical (unpaired) electrons. The number of rotatable bonds is 13. The number of amides is 1. The van der Waals surface area contributed by atoms with Gasteiger partial charge in [-0.15, -0.1) is 0 Å². The molecule has 3 aliphatic carbocycles. The summed E-state index contributed by atoms with van der Waals surface area (Å²) >= 11 is 0. The van der Waals surface area contributed by atoms with Crippen molar-refractivity contribution in [3.8, 4) is 0 Å². The number of benzene rings is 2. The highest BCUT2D eigenvalue weighted by atomic mass is 16.7. The molecule has 5 fully saturated rings. The average Bonchev–Trinajstić information content (AvgIpc) is 3.32. The second-order valence-corrected chi connectivity index (χ2v) is 21.4. The summed E-state index contributed by atoms with van der Waals surface area (Å²) in [6.07, 6.45) is -19.4. The van der Waals surface area contributed by atoms with Crippen LogP contribution in [0.15, 0.2) is 60.7 Å². The molecule has 0 aromatic heterocycles. The summed E-state index contributed by atoms with van der Waals surface area (Å²) in [5.41, 5.74) is -9.40. The zero-order chi connectivity index (χ0) is 53.7. The van der Waals surface area contributed by atoms with Crippen molar-refractivity contribution in [2.24, 2.45) is 28.6 Å². The first kappa shape index (κ1) is 55.3. The molecule has 1 amide bonds. The molecule has 2 aromatic carbocycles. The average molecular weight is 1030 g/mol. The van der Waals surface area contributed by atoms with Crippen molar-refractivity contribution in [2.45, 2.75) is 152 Å². The van der Waals surface area contributed by atoms with Gasteiger partial charge >= 0.3 is 30.0 Å². The highest BCUT2D eigenvalue weighted by Gasteiger charge is 2.80. The fraction of sp³-hybridized carbons (Fsp3) is 0.627. The number of hydrogen-bond acceptors (Lipinski definition) is 21. The molecule has 2 aliphatic heterocycles. The number of ketones is 2. The fourth-order valence-electron chi connectivity index (χ4n) is 11.6. The monoisotopic (exact) mass is 1030 g/mol. The normalized spacial score (nSPS) is 36.5. The summed E-state index contributed by atoms with van der Waals surface area (Å²) in [6, 6.07) is 14.0. The van der Waals surface area contributed by atoms with E-state index in [1.54, 1.807) is 45.0 Å². The summed E-state index contributed by atoms with van der Waals surface area (Å²) in [5, 5.41) is 68.8. The number of nitrogens with one attached hydrogen (secondary N) is 1. The van der Waals surface area contributed by atoms with Crippen LogP contribution >= 0.6 is 0 Å². The third-order valence-electron chi connectivity index (χ3n) is 15.3. The van der Waals surface area contributed by atoms with Crippen molar-refractivity contribution < 1.29 is 102 Å². The Labute approximate surface area is 420 Å². The predicted molar refractivity (Wildman–Crippen MR) is 246 cm³/mol. The van der Waals surface area contributed by atoms with Crippen LogP contribution in [0.4, 0.5) is 4.79 Å². The molecule has 22 heteroatoms. The summed E-state index contributed by atoms with van der Waals surface area (Å²) in [5.74, 6) is -11.4. The van der Waals surface area contributed by atoms with Crippen LogP contribution in [-0.4, -0.2) is 170 Å². The van der Waals surface area contributed by atoms with Crippen LogP contribution in [0, 0.1) is 28.6 Å². The molecule has 400 valence electrons. The molecule has 22 nitrogen and oxygen atoms in total. The van der Waals surface area contributed by atoms with E-state index in [1.165, 1.54) is 64.1 Å². The number of carbonyl (C=O) groups excluding carboxylic acids is 7. The Balaban J connectivity index is 1.31. The number of fused-ring (bicyclic) bond motifs is 5. The van der Waals surface area contributed by atoms with Crippen LogP contribution in [0.25, 0.3) is 0 Å². The Hall–Kier alpha value is -5.43. The zero-order valence-corrected chi connectivity index (χ0v) is 41.7. The first-order valence-corrected chi connectivity index (χ1v) is 24.1. The Bertz CT molecular complexity index is 2410. The van der Waals surface area contributed by atoms with Gasteiger partial charge in [0.2, 0.25) is 11.6 Å². The van der Waals surface area contributed by atoms with E-state index in [0.717, 1.165) is 6.92 Å². The van der Waals surface area contributed by atoms with Crippen molar-refractivity contribution in [3.05, 3.63) is 71.8 Å². The molecular formula is C51H65NO21. The third-order valence-corrected chi connectivity index (χ3v) is 15.3. The largest absolute Gasteiger partial charge is 0.460 e. The molecule has 2 saturated heterocycles. The lowest BCUT2D eigenvalue weighted by atomic mass is 9.42. The number of Topliss-reactive ketones (excluding diaryl/α,β-unsaturated/α-hetero) is 2. The Morgan fingerprint density at radius 1 is 0.890 bits per heavy atom. The van der Waals surface area contributed by atoms with Gasteiger partial charge in [0.1, 0.15) is 66.6 Å². The molecular weight excluding hydrogens is 963 g/mol. The lowest BCUT2D eigenvalue weighted by Crippen LogP contribution is -2.83. The van der Waals surface area contributed by atoms with Gasteiger partial charge in [-0.3, -0.25) is 14.4 Å². The smallest absolute Gasteiger partial charge is 0.408 e. The van der Waals surface area contributed by atoms with Gasteiger partial charge in [-0.2, -0.15) is 0 Å². The maximum Gasteiger partial charge on any atom is 0.408 e. The van der Waals surface area contributed by atoms with E-state index < -0.39 is 187 Å². The van der Waals surface area contributed by atoms with E-state index in [1.807, 2.05) is 0 Å². The molecule has 0 spiro atoms. The van der Waals surface area contributed by atoms with E-state index in [2.05, 4.69) is 5.32 Å². The van der Waals surface area contributed by atoms with Crippen LogP contribution in [0.1, 0.15) is 90.2 Å². The number of hydrogen-bond donors (Lipinski definition) is 7. The molecule has 17 atom stereocenters. The lowest BCUT2D eigenvalue weighted by molar-refractivity contribution is -0.350. The second kappa shape index (κ2) is 20.7. The molecule has 2 bridgehead atoms. The Kier molecular flexibility index (Phi) is 15.7. The van der Waals surface area contributed by atoms with Crippen LogP contribution in [0.5, 0.6) is 0 Å². The van der Waals surface area contributed by atoms with E-state index in [9.17, 15) is 54.6 Å². The summed E-state index contributed by atoms with van der Waals surface area (Å²) in [4.78, 5) is 100. The molecule has 5 aliphatic rings. The lowest BCUT2D eigenvalue weighted by Gasteiger charge is -2.68. The number of ether oxygens (including phenoxy) is 8. The van der Waals surface area contributed by atoms with E-state index in [-0.39, 0.29) is 11.1 Å². The number of esters is 4. The maximum atomic E-state index is 15.7. The van der Waals surface area contributed by atoms with Crippen LogP contribution in [0.2, 0.25) is 0 Å². The van der Waals surface area contributed by atoms with Crippen molar-refractivity contribution >= 4 is 41.5 Å². The fourth-order valence-corrected chi connectivity index (χ4v) is 11.6. The van der Waals surface area contributed by atoms with Crippen molar-refractivity contribution in [1.82, 2.24) is 5.32 Å². The quantitative estimate of drug-likeness (QED) is 0.0828. The number of carbonyl (C=O) groups is 7. The minimum absolute atomic E-state index is 0.0292. The SMILES string of the molecule is CC(=O)O[C@@]12CO[C@@H]1C[C@H](OC(=O)COC1O[C@H](CO)[C@@H](O)[C@H](O)[C@H]1O)[C@@]1(C)C(=O)C(=O)C3C(C)[C@@H](OC(=O)[C@H](O)[C@@H](NC(=O)OC(C)(C)C)c4ccccc4)C[C@@](O)([C@@H](OC(=O)c4ccccc4)C12)C3(C)C. The minimum atomic E-state index is -2.55. The predicted octanol–water partition coefficient (Wildman–Crippen LogP) is 0.771. The first-order valence-electron chi connectivity index (χ1n) is 24.1. The molecule has 2 heterocycles. The topological polar surface area (TPSA) is 327 Å². The first-order chi connectivity index (χ1) is 34.1. The number of alkyl carbamates (subject to hydrolysis) is 1. The third kappa shape index (κ3) is 10.1. The van der Waals surface area contributed by atoms with Gasteiger partial charge in [0.15, 0.2) is 18.0 Å². The van der Waals surface area contributed by atoms with Crippen molar-refractivity contribution in [3.63, 3.8) is 0 Å². The standard InChI is InChI=1S/C51H65NO21/c1-24-28(68-44(63)37(58)34(26-15-11-9-12-16-26)52-46(64)73-47(3,4)5)20-51(65)42(71-43(62)27-17-13-10-14-18-27)40-49(8,41(61)36(57)33(24)48(51,6)7)30(19-31-50(40,23-67-31)72-25(2)54)70-32(55)22-66-45-39(60)38(59)35(56)29(21-53)69-45/h9-18,24,28-31,33-35,37-40,42,45,53,56,58-60,65H,19-23H2,1-8H3,(H,52,64)/t24?,28-,29+,30-,31+,33?,34-,35+,37+,38-,39+,40?,42-,45?,49+,50-,51+/m0/s1. The minimum Gasteiger partial charge on any atom is -0.460 e. The Morgan fingerprint density at radius 3 is 2.10 bits per heavy atom. The number of aliphatic hydroxyl groups is 6. The van der Waals surface area contributed by atoms with E-state index >= 15 is 9.59 Å². The van der Waals surface area contributed by atoms with E-state index in [0.29, 0.717) is 0 Å². The second-order valence-electron chi connectivity index (χ2n) is 21.4. The van der Waals surface area contributed by atoms with Gasteiger partial charge in [-0.05, 0) is 45.4 Å². The molecule has 7 N–H and O–H groups in total. The summed E-state index contributed by atoms with van der Waals surface area (Å²) in [7, 11) is 0. The molecule has 73 heavy (non-hydrogen) atoms. The van der Waals surface area contributed by atoms with Crippen LogP contribution < -0.4 is 5.32 Å². The summed E-state index contributed by atoms with van der Waals surface area (Å²) < 4.78 is 46.8. The van der Waals surface area contributed by atoms with Gasteiger partial charge in [0, 0.05) is 37.0 Å². The van der Waals surface area contributed by atoms with Gasteiger partial charge in [-0.1, -0.05) is 69.3 Å². The van der Waals surface area contributed by atoms with Gasteiger partial charge in [0.05, 0.1) is 36.2 Å². The summed E-state index contributed by atoms with van der Waals surface area (Å²) in [6.45, 7) is 9.31. The van der Waals surface area contributed by atoms with Crippen LogP contribution in [-0.2, 0) is 61.9 Å². The molecule has 4 unspecified atom stereocenters. The molecule has 3 saturated carbocycles.